The SMILES string of the molecule is C=CCOc1cc(C(C)=CC(C)(C)S(N)=O)ccc1F. The second-order valence-corrected chi connectivity index (χ2v) is 6.62. The molecule has 0 spiro atoms. The molecule has 5 heteroatoms. The van der Waals surface area contributed by atoms with Gasteiger partial charge in [-0.25, -0.2) is 8.60 Å². The van der Waals surface area contributed by atoms with E-state index in [2.05, 4.69) is 6.58 Å². The fraction of sp³-hybridized carbons (Fsp3) is 0.333. The topological polar surface area (TPSA) is 52.3 Å². The number of benzene rings is 1. The molecule has 110 valence electrons. The summed E-state index contributed by atoms with van der Waals surface area (Å²) < 4.78 is 29.6. The third-order valence-corrected chi connectivity index (χ3v) is 3.98. The Morgan fingerprint density at radius 1 is 1.55 bits per heavy atom. The van der Waals surface area contributed by atoms with Crippen LogP contribution >= 0.6 is 0 Å². The van der Waals surface area contributed by atoms with Crippen LogP contribution in [-0.4, -0.2) is 15.6 Å². The Balaban J connectivity index is 3.10. The van der Waals surface area contributed by atoms with E-state index < -0.39 is 21.5 Å². The molecule has 1 rings (SSSR count). The predicted octanol–water partition coefficient (Wildman–Crippen LogP) is 3.19. The van der Waals surface area contributed by atoms with E-state index in [9.17, 15) is 8.60 Å². The number of hydrogen-bond donors (Lipinski definition) is 1. The summed E-state index contributed by atoms with van der Waals surface area (Å²) in [6, 6.07) is 4.61. The van der Waals surface area contributed by atoms with Gasteiger partial charge in [-0.05, 0) is 44.0 Å². The lowest BCUT2D eigenvalue weighted by Crippen LogP contribution is -2.29. The number of hydrogen-bond acceptors (Lipinski definition) is 2. The van der Waals surface area contributed by atoms with Crippen LogP contribution in [0.5, 0.6) is 5.75 Å². The van der Waals surface area contributed by atoms with Gasteiger partial charge in [-0.2, -0.15) is 0 Å². The van der Waals surface area contributed by atoms with Crippen molar-refractivity contribution in [3.8, 4) is 5.75 Å². The number of ether oxygens (including phenoxy) is 1. The lowest BCUT2D eigenvalue weighted by Gasteiger charge is -2.18. The molecule has 1 atom stereocenters. The van der Waals surface area contributed by atoms with Gasteiger partial charge in [-0.15, -0.1) is 0 Å². The summed E-state index contributed by atoms with van der Waals surface area (Å²) in [7, 11) is -1.48. The Morgan fingerprint density at radius 2 is 2.20 bits per heavy atom. The Hall–Kier alpha value is -1.46. The van der Waals surface area contributed by atoms with Crippen LogP contribution in [0.25, 0.3) is 5.57 Å². The highest BCUT2D eigenvalue weighted by Crippen LogP contribution is 2.26. The van der Waals surface area contributed by atoms with E-state index in [0.717, 1.165) is 11.1 Å². The molecule has 0 aliphatic carbocycles. The maximum absolute atomic E-state index is 13.6. The summed E-state index contributed by atoms with van der Waals surface area (Å²) in [6.45, 7) is 9.19. The van der Waals surface area contributed by atoms with E-state index in [0.29, 0.717) is 0 Å². The molecule has 0 aliphatic heterocycles. The summed E-state index contributed by atoms with van der Waals surface area (Å²) in [6.07, 6.45) is 3.36. The van der Waals surface area contributed by atoms with Crippen LogP contribution < -0.4 is 9.88 Å². The van der Waals surface area contributed by atoms with E-state index in [1.54, 1.807) is 32.1 Å². The molecule has 0 aromatic heterocycles. The van der Waals surface area contributed by atoms with Crippen LogP contribution in [0, 0.1) is 5.82 Å². The van der Waals surface area contributed by atoms with E-state index in [1.807, 2.05) is 13.0 Å². The summed E-state index contributed by atoms with van der Waals surface area (Å²) in [4.78, 5) is 0. The minimum Gasteiger partial charge on any atom is -0.486 e. The zero-order valence-electron chi connectivity index (χ0n) is 12.0. The normalized spacial score (nSPS) is 13.9. The maximum Gasteiger partial charge on any atom is 0.165 e. The van der Waals surface area contributed by atoms with Gasteiger partial charge in [-0.1, -0.05) is 24.8 Å². The highest BCUT2D eigenvalue weighted by Gasteiger charge is 2.21. The summed E-state index contributed by atoms with van der Waals surface area (Å²) >= 11 is 0. The molecule has 2 N–H and O–H groups in total. The van der Waals surface area contributed by atoms with Crippen molar-refractivity contribution < 1.29 is 13.3 Å². The van der Waals surface area contributed by atoms with Gasteiger partial charge in [-0.3, -0.25) is 5.14 Å². The molecule has 3 nitrogen and oxygen atoms in total. The molecular formula is C15H20FNO2S. The molecule has 1 aromatic rings. The molecular weight excluding hydrogens is 277 g/mol. The van der Waals surface area contributed by atoms with E-state index in [4.69, 9.17) is 9.88 Å². The highest BCUT2D eigenvalue weighted by atomic mass is 32.2. The van der Waals surface area contributed by atoms with Gasteiger partial charge in [0.25, 0.3) is 0 Å². The van der Waals surface area contributed by atoms with Crippen molar-refractivity contribution in [1.29, 1.82) is 0 Å². The number of rotatable bonds is 6. The number of nitrogens with two attached hydrogens (primary N) is 1. The van der Waals surface area contributed by atoms with Crippen LogP contribution in [0.2, 0.25) is 0 Å². The molecule has 1 unspecified atom stereocenters. The smallest absolute Gasteiger partial charge is 0.165 e. The first-order chi connectivity index (χ1) is 9.27. The minimum absolute atomic E-state index is 0.168. The molecule has 0 aliphatic rings. The second kappa shape index (κ2) is 6.81. The van der Waals surface area contributed by atoms with Gasteiger partial charge in [0.05, 0.1) is 15.7 Å². The fourth-order valence-electron chi connectivity index (χ4n) is 1.67. The Morgan fingerprint density at radius 3 is 2.75 bits per heavy atom. The van der Waals surface area contributed by atoms with Crippen molar-refractivity contribution in [2.45, 2.75) is 25.5 Å². The van der Waals surface area contributed by atoms with Crippen molar-refractivity contribution in [3.63, 3.8) is 0 Å². The quantitative estimate of drug-likeness (QED) is 0.820. The Labute approximate surface area is 121 Å². The third-order valence-electron chi connectivity index (χ3n) is 2.83. The van der Waals surface area contributed by atoms with Gasteiger partial charge in [0.2, 0.25) is 0 Å². The molecule has 0 radical (unpaired) electrons. The molecule has 0 saturated carbocycles. The number of allylic oxidation sites excluding steroid dienone is 1. The molecule has 0 saturated heterocycles. The maximum atomic E-state index is 13.6. The monoisotopic (exact) mass is 297 g/mol. The van der Waals surface area contributed by atoms with E-state index in [-0.39, 0.29) is 12.4 Å². The molecule has 0 fully saturated rings. The van der Waals surface area contributed by atoms with Crippen molar-refractivity contribution in [2.24, 2.45) is 5.14 Å². The van der Waals surface area contributed by atoms with Crippen LogP contribution in [-0.2, 0) is 11.0 Å². The first-order valence-electron chi connectivity index (χ1n) is 6.17. The van der Waals surface area contributed by atoms with Crippen LogP contribution in [0.3, 0.4) is 0 Å². The first-order valence-corrected chi connectivity index (χ1v) is 7.38. The average Bonchev–Trinajstić information content (AvgIpc) is 2.37. The minimum atomic E-state index is -1.48. The summed E-state index contributed by atoms with van der Waals surface area (Å²) in [5.74, 6) is -0.258. The molecule has 0 heterocycles. The van der Waals surface area contributed by atoms with Crippen LogP contribution in [0.4, 0.5) is 4.39 Å². The lowest BCUT2D eigenvalue weighted by atomic mass is 10.0. The Bertz CT molecular complexity index is 553. The van der Waals surface area contributed by atoms with Gasteiger partial charge in [0.15, 0.2) is 11.6 Å². The fourth-order valence-corrected chi connectivity index (χ4v) is 1.96. The highest BCUT2D eigenvalue weighted by molar-refractivity contribution is 7.84. The molecule has 0 amide bonds. The zero-order valence-corrected chi connectivity index (χ0v) is 12.8. The largest absolute Gasteiger partial charge is 0.486 e. The van der Waals surface area contributed by atoms with E-state index >= 15 is 0 Å². The van der Waals surface area contributed by atoms with Gasteiger partial charge in [0.1, 0.15) is 6.61 Å². The van der Waals surface area contributed by atoms with Crippen molar-refractivity contribution >= 4 is 16.6 Å². The van der Waals surface area contributed by atoms with E-state index in [1.165, 1.54) is 6.07 Å². The van der Waals surface area contributed by atoms with Crippen molar-refractivity contribution in [2.75, 3.05) is 6.61 Å². The van der Waals surface area contributed by atoms with Crippen molar-refractivity contribution in [3.05, 3.63) is 48.3 Å². The van der Waals surface area contributed by atoms with Crippen LogP contribution in [0.1, 0.15) is 26.3 Å². The van der Waals surface area contributed by atoms with Gasteiger partial charge >= 0.3 is 0 Å². The first kappa shape index (κ1) is 16.6. The third kappa shape index (κ3) is 4.28. The standard InChI is InChI=1S/C15H20FNO2S/c1-5-8-19-14-9-12(6-7-13(14)16)11(2)10-15(3,4)20(17)18/h5-7,9-10H,1,8,17H2,2-4H3. The predicted molar refractivity (Wildman–Crippen MR) is 82.2 cm³/mol. The van der Waals surface area contributed by atoms with Crippen molar-refractivity contribution in [1.82, 2.24) is 0 Å². The number of halogens is 1. The van der Waals surface area contributed by atoms with Crippen LogP contribution in [0.15, 0.2) is 36.9 Å². The zero-order chi connectivity index (χ0) is 15.3. The molecule has 1 aromatic carbocycles. The Kier molecular flexibility index (Phi) is 5.65. The summed E-state index contributed by atoms with van der Waals surface area (Å²) in [5, 5.41) is 5.45. The average molecular weight is 297 g/mol. The summed E-state index contributed by atoms with van der Waals surface area (Å²) in [5.41, 5.74) is 1.65. The second-order valence-electron chi connectivity index (χ2n) is 4.97. The molecule has 0 bridgehead atoms. The van der Waals surface area contributed by atoms with Gasteiger partial charge in [0, 0.05) is 0 Å². The van der Waals surface area contributed by atoms with Gasteiger partial charge < -0.3 is 4.74 Å². The molecule has 20 heavy (non-hydrogen) atoms. The lowest BCUT2D eigenvalue weighted by molar-refractivity contribution is 0.342.